The van der Waals surface area contributed by atoms with E-state index in [0.717, 1.165) is 11.1 Å². The summed E-state index contributed by atoms with van der Waals surface area (Å²) >= 11 is 5.89. The number of furan rings is 1. The van der Waals surface area contributed by atoms with Gasteiger partial charge >= 0.3 is 0 Å². The minimum atomic E-state index is -0.386. The van der Waals surface area contributed by atoms with E-state index >= 15 is 0 Å². The summed E-state index contributed by atoms with van der Waals surface area (Å²) in [7, 11) is 0. The van der Waals surface area contributed by atoms with E-state index in [2.05, 4.69) is 25.9 Å². The van der Waals surface area contributed by atoms with Gasteiger partial charge in [-0.1, -0.05) is 41.9 Å². The number of tetrazole rings is 1. The summed E-state index contributed by atoms with van der Waals surface area (Å²) in [5, 5.41) is 16.6. The van der Waals surface area contributed by atoms with E-state index in [1.165, 1.54) is 11.0 Å². The van der Waals surface area contributed by atoms with Crippen LogP contribution in [0.25, 0.3) is 22.7 Å². The molecule has 4 aromatic rings. The molecule has 2 aromatic heterocycles. The summed E-state index contributed by atoms with van der Waals surface area (Å²) < 4.78 is 5.68. The highest BCUT2D eigenvalue weighted by molar-refractivity contribution is 6.30. The van der Waals surface area contributed by atoms with Gasteiger partial charge in [-0.2, -0.15) is 9.90 Å². The molecule has 0 saturated carbocycles. The number of carbonyl (C=O) groups is 1. The summed E-state index contributed by atoms with van der Waals surface area (Å²) in [6.45, 7) is -0.106. The van der Waals surface area contributed by atoms with E-state index in [1.807, 2.05) is 48.5 Å². The van der Waals surface area contributed by atoms with Gasteiger partial charge < -0.3 is 4.42 Å². The topological polar surface area (TPSA) is 98.2 Å². The third kappa shape index (κ3) is 4.74. The van der Waals surface area contributed by atoms with Crippen LogP contribution in [0.4, 0.5) is 0 Å². The molecule has 4 rings (SSSR count). The fourth-order valence-corrected chi connectivity index (χ4v) is 2.66. The summed E-state index contributed by atoms with van der Waals surface area (Å²) in [5.74, 6) is 1.24. The van der Waals surface area contributed by atoms with Gasteiger partial charge in [-0.25, -0.2) is 5.43 Å². The normalized spacial score (nSPS) is 11.1. The third-order valence-electron chi connectivity index (χ3n) is 3.91. The maximum Gasteiger partial charge on any atom is 0.263 e. The Kier molecular flexibility index (Phi) is 5.44. The monoisotopic (exact) mass is 406 g/mol. The van der Waals surface area contributed by atoms with E-state index in [0.29, 0.717) is 22.4 Å². The molecule has 1 N–H and O–H groups in total. The van der Waals surface area contributed by atoms with Crippen molar-refractivity contribution >= 4 is 23.7 Å². The van der Waals surface area contributed by atoms with Crippen molar-refractivity contribution in [2.45, 2.75) is 6.54 Å². The van der Waals surface area contributed by atoms with E-state index < -0.39 is 0 Å². The Hall–Kier alpha value is -3.78. The van der Waals surface area contributed by atoms with Gasteiger partial charge in [0.25, 0.3) is 5.91 Å². The quantitative estimate of drug-likeness (QED) is 0.391. The van der Waals surface area contributed by atoms with E-state index in [1.54, 1.807) is 18.2 Å². The number of carbonyl (C=O) groups excluding carboxylic acids is 1. The van der Waals surface area contributed by atoms with Crippen molar-refractivity contribution in [3.05, 3.63) is 77.5 Å². The molecular formula is C20H15ClN6O2. The molecule has 0 bridgehead atoms. The molecule has 0 atom stereocenters. The van der Waals surface area contributed by atoms with Gasteiger partial charge in [-0.15, -0.1) is 10.2 Å². The van der Waals surface area contributed by atoms with Crippen molar-refractivity contribution in [3.8, 4) is 22.7 Å². The Morgan fingerprint density at radius 1 is 1.07 bits per heavy atom. The van der Waals surface area contributed by atoms with Crippen LogP contribution in [0.1, 0.15) is 5.76 Å². The van der Waals surface area contributed by atoms with Gasteiger partial charge in [0.1, 0.15) is 18.1 Å². The largest absolute Gasteiger partial charge is 0.455 e. The predicted octanol–water partition coefficient (Wildman–Crippen LogP) is 3.40. The maximum absolute atomic E-state index is 12.0. The van der Waals surface area contributed by atoms with Gasteiger partial charge in [-0.05, 0) is 41.6 Å². The molecule has 0 aliphatic rings. The van der Waals surface area contributed by atoms with Crippen molar-refractivity contribution in [2.24, 2.45) is 5.10 Å². The van der Waals surface area contributed by atoms with Gasteiger partial charge in [-0.3, -0.25) is 4.79 Å². The fraction of sp³-hybridized carbons (Fsp3) is 0.0500. The Morgan fingerprint density at radius 2 is 1.86 bits per heavy atom. The van der Waals surface area contributed by atoms with Crippen LogP contribution in [0.3, 0.4) is 0 Å². The molecule has 0 spiro atoms. The lowest BCUT2D eigenvalue weighted by molar-refractivity contribution is -0.122. The highest BCUT2D eigenvalue weighted by atomic mass is 35.5. The average molecular weight is 407 g/mol. The molecule has 2 heterocycles. The second-order valence-electron chi connectivity index (χ2n) is 6.01. The molecule has 0 radical (unpaired) electrons. The highest BCUT2D eigenvalue weighted by Gasteiger charge is 2.09. The lowest BCUT2D eigenvalue weighted by atomic mass is 10.2. The standard InChI is InChI=1S/C20H15ClN6O2/c21-16-8-6-14(7-9-16)18-11-10-17(29-18)12-22-23-19(28)13-27-25-20(24-26-27)15-4-2-1-3-5-15/h1-12H,13H2,(H,23,28)/b22-12+. The van der Waals surface area contributed by atoms with Crippen molar-refractivity contribution < 1.29 is 9.21 Å². The molecule has 0 fully saturated rings. The van der Waals surface area contributed by atoms with Gasteiger partial charge in [0.2, 0.25) is 5.82 Å². The molecule has 8 nitrogen and oxygen atoms in total. The van der Waals surface area contributed by atoms with Gasteiger partial charge in [0, 0.05) is 16.1 Å². The van der Waals surface area contributed by atoms with Crippen molar-refractivity contribution in [2.75, 3.05) is 0 Å². The second kappa shape index (κ2) is 8.49. The lowest BCUT2D eigenvalue weighted by Gasteiger charge is -1.98. The Morgan fingerprint density at radius 3 is 2.66 bits per heavy atom. The summed E-state index contributed by atoms with van der Waals surface area (Å²) in [4.78, 5) is 13.2. The minimum absolute atomic E-state index is 0.106. The number of hydrazone groups is 1. The first-order chi connectivity index (χ1) is 14.2. The number of nitrogens with one attached hydrogen (secondary N) is 1. The maximum atomic E-state index is 12.0. The first-order valence-corrected chi connectivity index (χ1v) is 9.06. The zero-order chi connectivity index (χ0) is 20.1. The van der Waals surface area contributed by atoms with Crippen LogP contribution in [0.2, 0.25) is 5.02 Å². The molecule has 9 heteroatoms. The smallest absolute Gasteiger partial charge is 0.263 e. The van der Waals surface area contributed by atoms with Crippen LogP contribution in [0.5, 0.6) is 0 Å². The number of nitrogens with zero attached hydrogens (tertiary/aromatic N) is 5. The predicted molar refractivity (Wildman–Crippen MR) is 108 cm³/mol. The SMILES string of the molecule is O=C(Cn1nnc(-c2ccccc2)n1)N/N=C/c1ccc(-c2ccc(Cl)cc2)o1. The summed E-state index contributed by atoms with van der Waals surface area (Å²) in [6, 6.07) is 20.3. The molecule has 29 heavy (non-hydrogen) atoms. The molecular weight excluding hydrogens is 392 g/mol. The summed E-state index contributed by atoms with van der Waals surface area (Å²) in [6.07, 6.45) is 1.42. The number of benzene rings is 2. The Labute approximate surface area is 170 Å². The molecule has 2 aromatic carbocycles. The minimum Gasteiger partial charge on any atom is -0.455 e. The molecule has 0 saturated heterocycles. The zero-order valence-corrected chi connectivity index (χ0v) is 15.8. The third-order valence-corrected chi connectivity index (χ3v) is 4.16. The molecule has 0 aliphatic heterocycles. The lowest BCUT2D eigenvalue weighted by Crippen LogP contribution is -2.24. The number of hydrogen-bond donors (Lipinski definition) is 1. The first kappa shape index (κ1) is 18.6. The van der Waals surface area contributed by atoms with Crippen LogP contribution in [-0.2, 0) is 11.3 Å². The zero-order valence-electron chi connectivity index (χ0n) is 15.1. The fourth-order valence-electron chi connectivity index (χ4n) is 2.54. The van der Waals surface area contributed by atoms with Crippen LogP contribution >= 0.6 is 11.6 Å². The average Bonchev–Trinajstić information content (AvgIpc) is 3.39. The van der Waals surface area contributed by atoms with Gasteiger partial charge in [0.15, 0.2) is 0 Å². The van der Waals surface area contributed by atoms with E-state index in [9.17, 15) is 4.79 Å². The van der Waals surface area contributed by atoms with Crippen LogP contribution < -0.4 is 5.43 Å². The van der Waals surface area contributed by atoms with E-state index in [-0.39, 0.29) is 12.5 Å². The highest BCUT2D eigenvalue weighted by Crippen LogP contribution is 2.23. The molecule has 0 aliphatic carbocycles. The molecule has 0 unspecified atom stereocenters. The summed E-state index contributed by atoms with van der Waals surface area (Å²) in [5.41, 5.74) is 4.13. The van der Waals surface area contributed by atoms with Crippen LogP contribution in [0.15, 0.2) is 76.2 Å². The Balaban J connectivity index is 1.32. The number of hydrogen-bond acceptors (Lipinski definition) is 6. The van der Waals surface area contributed by atoms with Gasteiger partial charge in [0.05, 0.1) is 6.21 Å². The van der Waals surface area contributed by atoms with Crippen molar-refractivity contribution in [1.82, 2.24) is 25.6 Å². The van der Waals surface area contributed by atoms with Crippen LogP contribution in [0, 0.1) is 0 Å². The number of rotatable bonds is 6. The second-order valence-corrected chi connectivity index (χ2v) is 6.45. The Bertz CT molecular complexity index is 1140. The first-order valence-electron chi connectivity index (χ1n) is 8.68. The van der Waals surface area contributed by atoms with Crippen molar-refractivity contribution in [1.29, 1.82) is 0 Å². The molecule has 1 amide bonds. The number of aromatic nitrogens is 4. The van der Waals surface area contributed by atoms with Crippen molar-refractivity contribution in [3.63, 3.8) is 0 Å². The molecule has 144 valence electrons. The number of amides is 1. The van der Waals surface area contributed by atoms with Crippen LogP contribution in [-0.4, -0.2) is 32.3 Å². The van der Waals surface area contributed by atoms with E-state index in [4.69, 9.17) is 16.0 Å². The number of halogens is 1.